The summed E-state index contributed by atoms with van der Waals surface area (Å²) < 4.78 is 27.7. The number of piperidine rings is 1. The quantitative estimate of drug-likeness (QED) is 0.725. The van der Waals surface area contributed by atoms with Gasteiger partial charge in [-0.2, -0.15) is 4.31 Å². The van der Waals surface area contributed by atoms with Crippen LogP contribution in [0.25, 0.3) is 0 Å². The van der Waals surface area contributed by atoms with Crippen molar-refractivity contribution in [2.75, 3.05) is 37.6 Å². The Morgan fingerprint density at radius 1 is 1.00 bits per heavy atom. The number of aryl methyl sites for hydroxylation is 2. The van der Waals surface area contributed by atoms with Crippen LogP contribution in [0.5, 0.6) is 0 Å². The van der Waals surface area contributed by atoms with Crippen LogP contribution in [-0.2, 0) is 14.8 Å². The fraction of sp³-hybridized carbons (Fsp3) is 0.480. The normalized spacial score (nSPS) is 20.4. The van der Waals surface area contributed by atoms with Crippen molar-refractivity contribution < 1.29 is 13.2 Å². The zero-order chi connectivity index (χ0) is 22.7. The largest absolute Gasteiger partial charge is 0.371 e. The van der Waals surface area contributed by atoms with Gasteiger partial charge in [0.1, 0.15) is 0 Å². The van der Waals surface area contributed by atoms with Crippen LogP contribution in [0.15, 0.2) is 53.4 Å². The first-order valence-corrected chi connectivity index (χ1v) is 12.9. The molecule has 2 aromatic carbocycles. The number of hydrogen-bond acceptors (Lipinski definition) is 4. The smallest absolute Gasteiger partial charge is 0.243 e. The molecular formula is C25H33N3O3S. The molecule has 2 aliphatic heterocycles. The van der Waals surface area contributed by atoms with Crippen LogP contribution >= 0.6 is 0 Å². The predicted octanol–water partition coefficient (Wildman–Crippen LogP) is 3.35. The highest BCUT2D eigenvalue weighted by molar-refractivity contribution is 7.89. The van der Waals surface area contributed by atoms with E-state index in [1.54, 1.807) is 6.07 Å². The van der Waals surface area contributed by atoms with Crippen molar-refractivity contribution in [3.05, 3.63) is 59.7 Å². The molecule has 7 heteroatoms. The molecular weight excluding hydrogens is 422 g/mol. The van der Waals surface area contributed by atoms with E-state index in [1.807, 2.05) is 32.0 Å². The molecule has 32 heavy (non-hydrogen) atoms. The lowest BCUT2D eigenvalue weighted by Gasteiger charge is -2.31. The van der Waals surface area contributed by atoms with Gasteiger partial charge in [-0.25, -0.2) is 8.42 Å². The van der Waals surface area contributed by atoms with Crippen LogP contribution in [-0.4, -0.2) is 51.4 Å². The number of amides is 1. The number of anilines is 1. The van der Waals surface area contributed by atoms with Gasteiger partial charge in [0, 0.05) is 44.3 Å². The summed E-state index contributed by atoms with van der Waals surface area (Å²) in [5, 5.41) is 3.13. The molecule has 6 nitrogen and oxygen atoms in total. The third kappa shape index (κ3) is 4.99. The molecule has 2 heterocycles. The Balaban J connectivity index is 1.26. The van der Waals surface area contributed by atoms with Crippen LogP contribution in [0, 0.1) is 25.7 Å². The molecule has 0 spiro atoms. The maximum Gasteiger partial charge on any atom is 0.243 e. The Bertz CT molecular complexity index is 1050. The predicted molar refractivity (Wildman–Crippen MR) is 127 cm³/mol. The maximum atomic E-state index is 13.1. The van der Waals surface area contributed by atoms with Gasteiger partial charge in [-0.05, 0) is 62.8 Å². The molecule has 1 N–H and O–H groups in total. The van der Waals surface area contributed by atoms with E-state index < -0.39 is 10.0 Å². The molecule has 1 unspecified atom stereocenters. The zero-order valence-corrected chi connectivity index (χ0v) is 19.8. The molecule has 1 amide bonds. The Kier molecular flexibility index (Phi) is 6.86. The number of hydrogen-bond donors (Lipinski definition) is 1. The van der Waals surface area contributed by atoms with Crippen molar-refractivity contribution in [2.24, 2.45) is 11.8 Å². The van der Waals surface area contributed by atoms with Gasteiger partial charge in [0.2, 0.25) is 15.9 Å². The number of nitrogens with one attached hydrogen (secondary N) is 1. The Hall–Kier alpha value is -2.38. The second kappa shape index (κ2) is 9.63. The van der Waals surface area contributed by atoms with Crippen molar-refractivity contribution in [3.8, 4) is 0 Å². The third-order valence-electron chi connectivity index (χ3n) is 6.75. The highest BCUT2D eigenvalue weighted by Crippen LogP contribution is 2.27. The number of carbonyl (C=O) groups excluding carboxylic acids is 1. The fourth-order valence-electron chi connectivity index (χ4n) is 4.85. The summed E-state index contributed by atoms with van der Waals surface area (Å²) in [6.07, 6.45) is 2.20. The molecule has 0 radical (unpaired) electrons. The number of sulfonamides is 1. The lowest BCUT2D eigenvalue weighted by molar-refractivity contribution is -0.126. The lowest BCUT2D eigenvalue weighted by Crippen LogP contribution is -2.44. The number of carbonyl (C=O) groups is 1. The highest BCUT2D eigenvalue weighted by atomic mass is 32.2. The van der Waals surface area contributed by atoms with Gasteiger partial charge in [-0.1, -0.05) is 35.9 Å². The second-order valence-electron chi connectivity index (χ2n) is 9.13. The van der Waals surface area contributed by atoms with Gasteiger partial charge in [0.25, 0.3) is 0 Å². The van der Waals surface area contributed by atoms with E-state index in [0.29, 0.717) is 43.3 Å². The van der Waals surface area contributed by atoms with Crippen LogP contribution in [0.2, 0.25) is 0 Å². The van der Waals surface area contributed by atoms with E-state index in [-0.39, 0.29) is 11.8 Å². The summed E-state index contributed by atoms with van der Waals surface area (Å²) in [4.78, 5) is 15.5. The highest BCUT2D eigenvalue weighted by Gasteiger charge is 2.33. The first kappa shape index (κ1) is 22.8. The molecule has 2 saturated heterocycles. The second-order valence-corrected chi connectivity index (χ2v) is 11.0. The van der Waals surface area contributed by atoms with Crippen LogP contribution < -0.4 is 10.2 Å². The summed E-state index contributed by atoms with van der Waals surface area (Å²) in [5.41, 5.74) is 3.05. The van der Waals surface area contributed by atoms with Crippen molar-refractivity contribution in [1.82, 2.24) is 9.62 Å². The van der Waals surface area contributed by atoms with Crippen molar-refractivity contribution in [3.63, 3.8) is 0 Å². The molecule has 0 aromatic heterocycles. The summed E-state index contributed by atoms with van der Waals surface area (Å²) in [5.74, 6) is 0.392. The number of nitrogens with zero attached hydrogens (tertiary/aromatic N) is 2. The van der Waals surface area contributed by atoms with Gasteiger partial charge in [-0.3, -0.25) is 4.79 Å². The van der Waals surface area contributed by atoms with Gasteiger partial charge < -0.3 is 10.2 Å². The molecule has 2 aromatic rings. The number of benzene rings is 2. The molecule has 0 bridgehead atoms. The minimum absolute atomic E-state index is 0.0618. The summed E-state index contributed by atoms with van der Waals surface area (Å²) in [6.45, 7) is 7.22. The van der Waals surface area contributed by atoms with Crippen molar-refractivity contribution in [1.29, 1.82) is 0 Å². The van der Waals surface area contributed by atoms with E-state index in [4.69, 9.17) is 0 Å². The van der Waals surface area contributed by atoms with Crippen molar-refractivity contribution in [2.45, 2.75) is 38.0 Å². The number of para-hydroxylation sites is 1. The van der Waals surface area contributed by atoms with E-state index in [9.17, 15) is 13.2 Å². The van der Waals surface area contributed by atoms with Crippen LogP contribution in [0.1, 0.15) is 30.4 Å². The molecule has 172 valence electrons. The van der Waals surface area contributed by atoms with Gasteiger partial charge in [-0.15, -0.1) is 0 Å². The monoisotopic (exact) mass is 455 g/mol. The Morgan fingerprint density at radius 3 is 2.41 bits per heavy atom. The SMILES string of the molecule is Cc1ccc(S(=O)(=O)N2CCC(C(=O)NCC3CCN(c4ccccc4)C3)CC2)c(C)c1. The Morgan fingerprint density at radius 2 is 1.72 bits per heavy atom. The molecule has 2 fully saturated rings. The van der Waals surface area contributed by atoms with Gasteiger partial charge in [0.15, 0.2) is 0 Å². The van der Waals surface area contributed by atoms with Crippen LogP contribution in [0.4, 0.5) is 5.69 Å². The average Bonchev–Trinajstić information content (AvgIpc) is 3.27. The Labute approximate surface area is 191 Å². The first-order chi connectivity index (χ1) is 15.3. The van der Waals surface area contributed by atoms with Gasteiger partial charge >= 0.3 is 0 Å². The van der Waals surface area contributed by atoms with E-state index >= 15 is 0 Å². The molecule has 2 aliphatic rings. The molecule has 0 saturated carbocycles. The summed E-state index contributed by atoms with van der Waals surface area (Å²) in [7, 11) is -3.52. The maximum absolute atomic E-state index is 13.1. The number of rotatable bonds is 6. The van der Waals surface area contributed by atoms with E-state index in [2.05, 4.69) is 34.5 Å². The fourth-order valence-corrected chi connectivity index (χ4v) is 6.52. The molecule has 0 aliphatic carbocycles. The minimum atomic E-state index is -3.52. The standard InChI is InChI=1S/C25H33N3O3S/c1-19-8-9-24(20(2)16-19)32(30,31)28-14-11-22(12-15-28)25(29)26-17-21-10-13-27(18-21)23-6-4-3-5-7-23/h3-9,16,21-22H,10-15,17-18H2,1-2H3,(H,26,29). The summed E-state index contributed by atoms with van der Waals surface area (Å²) in [6, 6.07) is 15.8. The zero-order valence-electron chi connectivity index (χ0n) is 19.0. The first-order valence-electron chi connectivity index (χ1n) is 11.5. The minimum Gasteiger partial charge on any atom is -0.371 e. The van der Waals surface area contributed by atoms with Gasteiger partial charge in [0.05, 0.1) is 4.90 Å². The molecule has 4 rings (SSSR count). The lowest BCUT2D eigenvalue weighted by atomic mass is 9.97. The average molecular weight is 456 g/mol. The summed E-state index contributed by atoms with van der Waals surface area (Å²) >= 11 is 0. The van der Waals surface area contributed by atoms with Crippen LogP contribution in [0.3, 0.4) is 0 Å². The van der Waals surface area contributed by atoms with Crippen molar-refractivity contribution >= 4 is 21.6 Å². The van der Waals surface area contributed by atoms with E-state index in [0.717, 1.165) is 30.6 Å². The topological polar surface area (TPSA) is 69.7 Å². The third-order valence-corrected chi connectivity index (χ3v) is 8.80. The van der Waals surface area contributed by atoms with E-state index in [1.165, 1.54) is 9.99 Å². The molecule has 1 atom stereocenters.